The van der Waals surface area contributed by atoms with Gasteiger partial charge in [0, 0.05) is 14.2 Å². The lowest BCUT2D eigenvalue weighted by Crippen LogP contribution is -2.43. The molecule has 1 unspecified atom stereocenters. The molecular weight excluding hydrogens is 227 g/mol. The zero-order chi connectivity index (χ0) is 12.1. The molecular formula is C6H13N2O6P. The molecule has 0 saturated carbocycles. The van der Waals surface area contributed by atoms with Crippen molar-refractivity contribution in [2.24, 2.45) is 5.73 Å². The number of rotatable bonds is 6. The first-order valence-corrected chi connectivity index (χ1v) is 5.46. The summed E-state index contributed by atoms with van der Waals surface area (Å²) in [6, 6.07) is 0. The van der Waals surface area contributed by atoms with Crippen molar-refractivity contribution in [1.29, 1.82) is 0 Å². The maximum Gasteiger partial charge on any atom is 0.363 e. The predicted molar refractivity (Wildman–Crippen MR) is 50.2 cm³/mol. The van der Waals surface area contributed by atoms with Crippen LogP contribution in [0.25, 0.3) is 0 Å². The zero-order valence-corrected chi connectivity index (χ0v) is 9.19. The molecule has 0 aromatic heterocycles. The topological polar surface area (TPSA) is 128 Å². The second kappa shape index (κ2) is 5.82. The van der Waals surface area contributed by atoms with Crippen LogP contribution in [0, 0.1) is 0 Å². The standard InChI is InChI=1S/C6H13N2O6P/c1-13-15(12,14-2)5(6(10)11)8-4(9)3-7/h5H,3,7H2,1-2H3,(H,8,9)(H,10,11). The van der Waals surface area contributed by atoms with E-state index in [2.05, 4.69) is 9.05 Å². The largest absolute Gasteiger partial charge is 0.479 e. The maximum absolute atomic E-state index is 11.7. The minimum atomic E-state index is -3.90. The third-order valence-electron chi connectivity index (χ3n) is 1.54. The Labute approximate surface area is 86.3 Å². The van der Waals surface area contributed by atoms with Crippen LogP contribution >= 0.6 is 7.60 Å². The monoisotopic (exact) mass is 240 g/mol. The second-order valence-electron chi connectivity index (χ2n) is 2.42. The lowest BCUT2D eigenvalue weighted by atomic mass is 10.5. The molecule has 0 aromatic rings. The first-order valence-electron chi connectivity index (χ1n) is 3.84. The molecule has 0 aliphatic carbocycles. The van der Waals surface area contributed by atoms with E-state index in [9.17, 15) is 14.2 Å². The van der Waals surface area contributed by atoms with Crippen molar-refractivity contribution in [3.8, 4) is 0 Å². The Morgan fingerprint density at radius 1 is 1.47 bits per heavy atom. The van der Waals surface area contributed by atoms with Crippen molar-refractivity contribution >= 4 is 19.5 Å². The third-order valence-corrected chi connectivity index (χ3v) is 3.54. The number of carboxylic acid groups (broad SMARTS) is 1. The number of carboxylic acids is 1. The average Bonchev–Trinajstić information content (AvgIpc) is 2.23. The summed E-state index contributed by atoms with van der Waals surface area (Å²) >= 11 is 0. The van der Waals surface area contributed by atoms with E-state index < -0.39 is 31.8 Å². The Hall–Kier alpha value is -0.950. The van der Waals surface area contributed by atoms with E-state index in [-0.39, 0.29) is 0 Å². The van der Waals surface area contributed by atoms with E-state index in [1.165, 1.54) is 0 Å². The van der Waals surface area contributed by atoms with Crippen molar-refractivity contribution in [1.82, 2.24) is 5.32 Å². The Kier molecular flexibility index (Phi) is 5.45. The number of amides is 1. The molecule has 4 N–H and O–H groups in total. The van der Waals surface area contributed by atoms with Crippen molar-refractivity contribution in [2.45, 2.75) is 5.78 Å². The summed E-state index contributed by atoms with van der Waals surface area (Å²) in [5.41, 5.74) is 4.97. The van der Waals surface area contributed by atoms with Crippen LogP contribution in [0.15, 0.2) is 0 Å². The average molecular weight is 240 g/mol. The lowest BCUT2D eigenvalue weighted by molar-refractivity contribution is -0.139. The molecule has 8 nitrogen and oxygen atoms in total. The number of hydrogen-bond donors (Lipinski definition) is 3. The van der Waals surface area contributed by atoms with E-state index in [1.807, 2.05) is 5.32 Å². The van der Waals surface area contributed by atoms with Gasteiger partial charge in [0.25, 0.3) is 0 Å². The predicted octanol–water partition coefficient (Wildman–Crippen LogP) is -1.04. The Balaban J connectivity index is 4.88. The molecule has 1 atom stereocenters. The van der Waals surface area contributed by atoms with Gasteiger partial charge >= 0.3 is 13.6 Å². The molecule has 0 fully saturated rings. The Bertz CT molecular complexity index is 285. The fourth-order valence-corrected chi connectivity index (χ4v) is 1.92. The lowest BCUT2D eigenvalue weighted by Gasteiger charge is -2.21. The highest BCUT2D eigenvalue weighted by atomic mass is 31.2. The fourth-order valence-electron chi connectivity index (χ4n) is 0.773. The van der Waals surface area contributed by atoms with E-state index in [1.54, 1.807) is 0 Å². The quantitative estimate of drug-likeness (QED) is 0.505. The number of carbonyl (C=O) groups excluding carboxylic acids is 1. The molecule has 0 rings (SSSR count). The molecule has 1 amide bonds. The van der Waals surface area contributed by atoms with Gasteiger partial charge in [-0.25, -0.2) is 4.79 Å². The highest BCUT2D eigenvalue weighted by Gasteiger charge is 2.41. The van der Waals surface area contributed by atoms with Crippen LogP contribution in [0.2, 0.25) is 0 Å². The molecule has 0 aliphatic heterocycles. The molecule has 0 aliphatic rings. The van der Waals surface area contributed by atoms with Crippen LogP contribution in [0.4, 0.5) is 0 Å². The number of aliphatic carboxylic acids is 1. The third kappa shape index (κ3) is 3.60. The molecule has 0 radical (unpaired) electrons. The van der Waals surface area contributed by atoms with Gasteiger partial charge in [0.15, 0.2) is 0 Å². The van der Waals surface area contributed by atoms with Gasteiger partial charge in [-0.15, -0.1) is 0 Å². The highest BCUT2D eigenvalue weighted by Crippen LogP contribution is 2.50. The molecule has 0 spiro atoms. The van der Waals surface area contributed by atoms with Gasteiger partial charge in [0.1, 0.15) is 0 Å². The second-order valence-corrected chi connectivity index (χ2v) is 4.74. The van der Waals surface area contributed by atoms with Crippen LogP contribution in [0.5, 0.6) is 0 Å². The van der Waals surface area contributed by atoms with Crippen molar-refractivity contribution in [3.05, 3.63) is 0 Å². The van der Waals surface area contributed by atoms with Crippen LogP contribution in [-0.4, -0.2) is 43.5 Å². The van der Waals surface area contributed by atoms with Gasteiger partial charge in [-0.1, -0.05) is 0 Å². The SMILES string of the molecule is COP(=O)(OC)C(NC(=O)CN)C(=O)O. The van der Waals surface area contributed by atoms with Gasteiger partial charge in [-0.05, 0) is 0 Å². The molecule has 0 saturated heterocycles. The fraction of sp³-hybridized carbons (Fsp3) is 0.667. The molecule has 0 bridgehead atoms. The summed E-state index contributed by atoms with van der Waals surface area (Å²) in [7, 11) is -1.86. The van der Waals surface area contributed by atoms with Crippen LogP contribution in [0.3, 0.4) is 0 Å². The summed E-state index contributed by atoms with van der Waals surface area (Å²) in [5.74, 6) is -4.05. The summed E-state index contributed by atoms with van der Waals surface area (Å²) < 4.78 is 20.6. The summed E-state index contributed by atoms with van der Waals surface area (Å²) in [6.45, 7) is -0.419. The molecule has 9 heteroatoms. The first kappa shape index (κ1) is 14.1. The van der Waals surface area contributed by atoms with Gasteiger partial charge in [-0.2, -0.15) is 0 Å². The normalized spacial score (nSPS) is 13.3. The summed E-state index contributed by atoms with van der Waals surface area (Å²) in [5, 5.41) is 10.7. The smallest absolute Gasteiger partial charge is 0.363 e. The minimum Gasteiger partial charge on any atom is -0.479 e. The number of nitrogens with two attached hydrogens (primary N) is 1. The number of hydrogen-bond acceptors (Lipinski definition) is 6. The van der Waals surface area contributed by atoms with E-state index in [4.69, 9.17) is 10.8 Å². The van der Waals surface area contributed by atoms with Gasteiger partial charge in [0.05, 0.1) is 6.54 Å². The maximum atomic E-state index is 11.7. The zero-order valence-electron chi connectivity index (χ0n) is 8.30. The van der Waals surface area contributed by atoms with Crippen LogP contribution < -0.4 is 11.1 Å². The number of carbonyl (C=O) groups is 2. The van der Waals surface area contributed by atoms with Crippen LogP contribution in [-0.2, 0) is 23.2 Å². The minimum absolute atomic E-state index is 0.419. The van der Waals surface area contributed by atoms with E-state index in [0.29, 0.717) is 0 Å². The van der Waals surface area contributed by atoms with Gasteiger partial charge < -0.3 is 25.2 Å². The van der Waals surface area contributed by atoms with Gasteiger partial charge in [-0.3, -0.25) is 9.36 Å². The summed E-state index contributed by atoms with van der Waals surface area (Å²) in [4.78, 5) is 21.6. The van der Waals surface area contributed by atoms with E-state index in [0.717, 1.165) is 14.2 Å². The van der Waals surface area contributed by atoms with Crippen LogP contribution in [0.1, 0.15) is 0 Å². The highest BCUT2D eigenvalue weighted by molar-refractivity contribution is 7.55. The Morgan fingerprint density at radius 3 is 2.20 bits per heavy atom. The number of nitrogens with one attached hydrogen (secondary N) is 1. The van der Waals surface area contributed by atoms with E-state index >= 15 is 0 Å². The summed E-state index contributed by atoms with van der Waals surface area (Å²) in [6.07, 6.45) is 0. The van der Waals surface area contributed by atoms with Crippen molar-refractivity contribution in [2.75, 3.05) is 20.8 Å². The van der Waals surface area contributed by atoms with Crippen molar-refractivity contribution in [3.63, 3.8) is 0 Å². The molecule has 0 heterocycles. The molecule has 0 aromatic carbocycles. The Morgan fingerprint density at radius 2 is 1.93 bits per heavy atom. The first-order chi connectivity index (χ1) is 6.91. The van der Waals surface area contributed by atoms with Gasteiger partial charge in [0.2, 0.25) is 11.7 Å². The molecule has 15 heavy (non-hydrogen) atoms. The molecule has 88 valence electrons. The van der Waals surface area contributed by atoms with Crippen molar-refractivity contribution < 1.29 is 28.3 Å².